The van der Waals surface area contributed by atoms with Gasteiger partial charge in [0.15, 0.2) is 0 Å². The smallest absolute Gasteiger partial charge is 0.326 e. The molecule has 3 fully saturated rings. The summed E-state index contributed by atoms with van der Waals surface area (Å²) >= 11 is 0. The molecule has 0 radical (unpaired) electrons. The van der Waals surface area contributed by atoms with Crippen molar-refractivity contribution in [2.45, 2.75) is 199 Å². The lowest BCUT2D eigenvalue weighted by molar-refractivity contribution is -0.149. The normalized spacial score (nSPS) is 20.7. The number of aliphatic hydroxyl groups is 1. The zero-order valence-electron chi connectivity index (χ0n) is 44.3. The van der Waals surface area contributed by atoms with Crippen molar-refractivity contribution in [1.29, 1.82) is 0 Å². The van der Waals surface area contributed by atoms with Crippen molar-refractivity contribution in [2.75, 3.05) is 19.6 Å². The summed E-state index contributed by atoms with van der Waals surface area (Å²) in [6.45, 7) is 13.7. The maximum absolute atomic E-state index is 14.4. The van der Waals surface area contributed by atoms with Crippen LogP contribution in [0.25, 0.3) is 0 Å². The van der Waals surface area contributed by atoms with Crippen LogP contribution in [-0.2, 0) is 57.5 Å². The Bertz CT molecular complexity index is 2080. The number of carbonyl (C=O) groups is 12. The lowest BCUT2D eigenvalue weighted by atomic mass is 10.0. The van der Waals surface area contributed by atoms with Crippen molar-refractivity contribution < 1.29 is 78.0 Å². The molecule has 3 saturated heterocycles. The molecule has 11 atom stereocenters. The lowest BCUT2D eigenvalue weighted by Gasteiger charge is -2.34. The fourth-order valence-corrected chi connectivity index (χ4v) is 9.24. The summed E-state index contributed by atoms with van der Waals surface area (Å²) < 4.78 is 0. The Labute approximate surface area is 436 Å². The van der Waals surface area contributed by atoms with Crippen molar-refractivity contribution in [2.24, 2.45) is 17.8 Å². The highest BCUT2D eigenvalue weighted by Gasteiger charge is 2.45. The molecule has 26 nitrogen and oxygen atoms in total. The third-order valence-corrected chi connectivity index (χ3v) is 13.3. The van der Waals surface area contributed by atoms with Crippen LogP contribution in [0.5, 0.6) is 0 Å². The summed E-state index contributed by atoms with van der Waals surface area (Å²) in [5, 5.41) is 59.7. The van der Waals surface area contributed by atoms with Gasteiger partial charge in [-0.25, -0.2) is 4.79 Å². The minimum atomic E-state index is -1.60. The van der Waals surface area contributed by atoms with Gasteiger partial charge in [0, 0.05) is 25.9 Å². The van der Waals surface area contributed by atoms with E-state index in [4.69, 9.17) is 0 Å². The summed E-state index contributed by atoms with van der Waals surface area (Å²) in [4.78, 5) is 161. The Morgan fingerprint density at radius 2 is 1.01 bits per heavy atom. The number of likely N-dealkylation sites (tertiary alicyclic amines) is 2. The SMILES string of the molecule is CC(C)C[C@H](NC(=O)[C@H](CCC(=O)O)NC(=O)[C@@H]1CCCN1C(=O)[C@@H]1CCCN1C(=O)[C@@H](NC(=O)[C@H](CCC(=O)O)NC(=O)[C@H](C)NC(=O)[C@@H](NC(=O)[C@H](CC(C)C)NC(=O)[C@@H]1CCCN1)[C@@H](C)O)C(C)C)C(=O)O. The molecule has 0 unspecified atom stereocenters. The zero-order chi connectivity index (χ0) is 56.4. The van der Waals surface area contributed by atoms with E-state index in [0.29, 0.717) is 25.8 Å². The summed E-state index contributed by atoms with van der Waals surface area (Å²) in [5.41, 5.74) is 0. The summed E-state index contributed by atoms with van der Waals surface area (Å²) in [5.74, 6) is -11.8. The molecule has 0 aliphatic carbocycles. The first kappa shape index (κ1) is 62.9. The van der Waals surface area contributed by atoms with Crippen LogP contribution in [0.2, 0.25) is 0 Å². The number of nitrogens with zero attached hydrogens (tertiary/aromatic N) is 2. The third kappa shape index (κ3) is 19.3. The molecule has 3 aliphatic heterocycles. The van der Waals surface area contributed by atoms with Gasteiger partial charge in [-0.1, -0.05) is 41.5 Å². The Balaban J connectivity index is 1.74. The van der Waals surface area contributed by atoms with Crippen LogP contribution in [0.1, 0.15) is 132 Å². The van der Waals surface area contributed by atoms with Crippen LogP contribution in [-0.4, -0.2) is 187 Å². The van der Waals surface area contributed by atoms with Gasteiger partial charge < -0.3 is 72.8 Å². The van der Waals surface area contributed by atoms with Gasteiger partial charge in [0.1, 0.15) is 54.4 Å². The molecule has 0 spiro atoms. The number of hydrogen-bond acceptors (Lipinski definition) is 14. The number of carboxylic acids is 3. The largest absolute Gasteiger partial charge is 0.481 e. The van der Waals surface area contributed by atoms with E-state index >= 15 is 0 Å². The van der Waals surface area contributed by atoms with Crippen LogP contribution < -0.4 is 42.5 Å². The first-order valence-electron chi connectivity index (χ1n) is 25.9. The van der Waals surface area contributed by atoms with Gasteiger partial charge in [-0.3, -0.25) is 52.7 Å². The number of aliphatic hydroxyl groups excluding tert-OH is 1. The first-order chi connectivity index (χ1) is 35.1. The standard InChI is InChI=1S/C49H80N10O16/c1-24(2)22-32(54-41(66)29-12-9-19-50-29)44(69)57-39(28(8)60)46(71)51-27(7)40(65)52-31(16-18-37(63)64)43(68)56-38(26(5)6)48(73)59-21-11-14-35(59)47(72)58-20-10-13-34(58)45(70)53-30(15-17-36(61)62)42(67)55-33(49(74)75)23-25(3)4/h24-35,38-39,50,60H,9-23H2,1-8H3,(H,51,71)(H,52,65)(H,53,70)(H,54,66)(H,55,67)(H,56,68)(H,57,69)(H,61,62)(H,63,64)(H,74,75)/t27-,28+,29-,30-,31-,32-,33-,34-,35-,38-,39-/m0/s1. The predicted molar refractivity (Wildman–Crippen MR) is 266 cm³/mol. The monoisotopic (exact) mass is 1060 g/mol. The number of aliphatic carboxylic acids is 3. The second kappa shape index (κ2) is 29.6. The van der Waals surface area contributed by atoms with E-state index in [1.54, 1.807) is 27.7 Å². The topological polar surface area (TPSA) is 388 Å². The van der Waals surface area contributed by atoms with Crippen molar-refractivity contribution in [3.05, 3.63) is 0 Å². The molecule has 0 saturated carbocycles. The molecule has 0 aromatic carbocycles. The number of amides is 9. The Hall–Kier alpha value is -6.44. The average Bonchev–Trinajstić information content (AvgIpc) is 4.14. The molecule has 0 aromatic rings. The molecule has 26 heteroatoms. The highest BCUT2D eigenvalue weighted by Crippen LogP contribution is 2.27. The van der Waals surface area contributed by atoms with Gasteiger partial charge in [0.25, 0.3) is 0 Å². The van der Waals surface area contributed by atoms with Crippen molar-refractivity contribution in [3.8, 4) is 0 Å². The third-order valence-electron chi connectivity index (χ3n) is 13.3. The summed E-state index contributed by atoms with van der Waals surface area (Å²) in [6, 6.07) is -12.5. The molecule has 0 bridgehead atoms. The van der Waals surface area contributed by atoms with Crippen LogP contribution in [0, 0.1) is 17.8 Å². The quantitative estimate of drug-likeness (QED) is 0.0388. The molecule has 12 N–H and O–H groups in total. The number of carboxylic acid groups (broad SMARTS) is 3. The maximum atomic E-state index is 14.4. The van der Waals surface area contributed by atoms with Crippen LogP contribution in [0.15, 0.2) is 0 Å². The Morgan fingerprint density at radius 1 is 0.520 bits per heavy atom. The molecule has 422 valence electrons. The first-order valence-corrected chi connectivity index (χ1v) is 25.9. The fraction of sp³-hybridized carbons (Fsp3) is 0.755. The highest BCUT2D eigenvalue weighted by molar-refractivity contribution is 5.99. The molecular weight excluding hydrogens is 985 g/mol. The van der Waals surface area contributed by atoms with Crippen LogP contribution in [0.3, 0.4) is 0 Å². The molecule has 9 amide bonds. The summed E-state index contributed by atoms with van der Waals surface area (Å²) in [6.07, 6.45) is -0.790. The Kier molecular flexibility index (Phi) is 24.8. The van der Waals surface area contributed by atoms with Gasteiger partial charge >= 0.3 is 17.9 Å². The minimum absolute atomic E-state index is 0.0557. The fourth-order valence-electron chi connectivity index (χ4n) is 9.24. The molecule has 0 aromatic heterocycles. The molecule has 3 heterocycles. The van der Waals surface area contributed by atoms with E-state index < -0.39 is 157 Å². The second-order valence-corrected chi connectivity index (χ2v) is 20.9. The summed E-state index contributed by atoms with van der Waals surface area (Å²) in [7, 11) is 0. The Morgan fingerprint density at radius 3 is 1.53 bits per heavy atom. The number of carbonyl (C=O) groups excluding carboxylic acids is 9. The molecule has 3 aliphatic rings. The van der Waals surface area contributed by atoms with E-state index in [2.05, 4.69) is 42.5 Å². The number of nitrogens with one attached hydrogen (secondary N) is 8. The molecule has 75 heavy (non-hydrogen) atoms. The van der Waals surface area contributed by atoms with Gasteiger partial charge in [-0.15, -0.1) is 0 Å². The molecular formula is C49H80N10O16. The number of rotatable bonds is 29. The highest BCUT2D eigenvalue weighted by atomic mass is 16.4. The number of hydrogen-bond donors (Lipinski definition) is 12. The van der Waals surface area contributed by atoms with Gasteiger partial charge in [-0.05, 0) is 102 Å². The molecule has 3 rings (SSSR count). The van der Waals surface area contributed by atoms with E-state index in [0.717, 1.165) is 6.42 Å². The van der Waals surface area contributed by atoms with Crippen LogP contribution in [0.4, 0.5) is 0 Å². The van der Waals surface area contributed by atoms with Gasteiger partial charge in [-0.2, -0.15) is 0 Å². The van der Waals surface area contributed by atoms with Crippen molar-refractivity contribution in [1.82, 2.24) is 52.3 Å². The van der Waals surface area contributed by atoms with Crippen molar-refractivity contribution >= 4 is 71.1 Å². The van der Waals surface area contributed by atoms with E-state index in [1.807, 2.05) is 13.8 Å². The van der Waals surface area contributed by atoms with E-state index in [1.165, 1.54) is 23.6 Å². The van der Waals surface area contributed by atoms with E-state index in [9.17, 15) is 78.0 Å². The van der Waals surface area contributed by atoms with Gasteiger partial charge in [0.2, 0.25) is 53.2 Å². The average molecular weight is 1070 g/mol. The minimum Gasteiger partial charge on any atom is -0.481 e. The maximum Gasteiger partial charge on any atom is 0.326 e. The van der Waals surface area contributed by atoms with Crippen molar-refractivity contribution in [3.63, 3.8) is 0 Å². The van der Waals surface area contributed by atoms with Gasteiger partial charge in [0.05, 0.1) is 12.1 Å². The van der Waals surface area contributed by atoms with Crippen LogP contribution >= 0.6 is 0 Å². The zero-order valence-corrected chi connectivity index (χ0v) is 44.3. The predicted octanol–water partition coefficient (Wildman–Crippen LogP) is -1.92. The lowest BCUT2D eigenvalue weighted by Crippen LogP contribution is -2.61. The van der Waals surface area contributed by atoms with E-state index in [-0.39, 0.29) is 62.9 Å². The second-order valence-electron chi connectivity index (χ2n) is 20.9.